The number of nitrogens with zero attached hydrogens (tertiary/aromatic N) is 1. The van der Waals surface area contributed by atoms with Crippen LogP contribution in [0, 0.1) is 0 Å². The van der Waals surface area contributed by atoms with Crippen molar-refractivity contribution in [3.63, 3.8) is 0 Å². The highest BCUT2D eigenvalue weighted by Gasteiger charge is 2.34. The maximum Gasteiger partial charge on any atom is 0.410 e. The Balaban J connectivity index is 1.51. The zero-order valence-electron chi connectivity index (χ0n) is 15.8. The second kappa shape index (κ2) is 7.73. The average molecular weight is 365 g/mol. The minimum atomic E-state index is -0.481. The summed E-state index contributed by atoms with van der Waals surface area (Å²) in [4.78, 5) is 14.5. The molecule has 27 heavy (non-hydrogen) atoms. The van der Waals surface area contributed by atoms with Gasteiger partial charge in [-0.2, -0.15) is 0 Å². The molecular weight excluding hydrogens is 338 g/mol. The number of aliphatic hydroxyl groups is 1. The molecule has 4 rings (SSSR count). The van der Waals surface area contributed by atoms with Crippen LogP contribution in [0.5, 0.6) is 0 Å². The molecule has 4 nitrogen and oxygen atoms in total. The van der Waals surface area contributed by atoms with Gasteiger partial charge in [0.05, 0.1) is 12.1 Å². The van der Waals surface area contributed by atoms with Gasteiger partial charge in [-0.3, -0.25) is 0 Å². The van der Waals surface area contributed by atoms with Gasteiger partial charge in [0.1, 0.15) is 6.61 Å². The van der Waals surface area contributed by atoms with Gasteiger partial charge in [0, 0.05) is 12.5 Å². The van der Waals surface area contributed by atoms with Gasteiger partial charge in [-0.25, -0.2) is 4.79 Å². The first-order valence-electron chi connectivity index (χ1n) is 10.0. The van der Waals surface area contributed by atoms with Crippen LogP contribution in [0.2, 0.25) is 0 Å². The molecule has 0 spiro atoms. The fourth-order valence-electron chi connectivity index (χ4n) is 4.53. The Labute approximate surface area is 160 Å². The van der Waals surface area contributed by atoms with E-state index in [-0.39, 0.29) is 18.1 Å². The minimum Gasteiger partial charge on any atom is -0.448 e. The quantitative estimate of drug-likeness (QED) is 0.864. The number of carbonyl (C=O) groups is 1. The van der Waals surface area contributed by atoms with Crippen LogP contribution in [0.25, 0.3) is 11.1 Å². The number of aliphatic hydroxyl groups excluding tert-OH is 1. The zero-order valence-corrected chi connectivity index (χ0v) is 15.8. The lowest BCUT2D eigenvalue weighted by molar-refractivity contribution is 0.0147. The number of hydrogen-bond acceptors (Lipinski definition) is 3. The van der Waals surface area contributed by atoms with Crippen LogP contribution in [0.15, 0.2) is 48.5 Å². The van der Waals surface area contributed by atoms with E-state index in [0.29, 0.717) is 19.6 Å². The van der Waals surface area contributed by atoms with Crippen molar-refractivity contribution in [1.29, 1.82) is 0 Å². The largest absolute Gasteiger partial charge is 0.448 e. The summed E-state index contributed by atoms with van der Waals surface area (Å²) in [6.07, 6.45) is 2.74. The van der Waals surface area contributed by atoms with Crippen molar-refractivity contribution in [2.75, 3.05) is 13.2 Å². The Bertz CT molecular complexity index is 773. The fourth-order valence-corrected chi connectivity index (χ4v) is 4.53. The predicted molar refractivity (Wildman–Crippen MR) is 106 cm³/mol. The summed E-state index contributed by atoms with van der Waals surface area (Å²) in [6.45, 7) is 2.95. The smallest absolute Gasteiger partial charge is 0.410 e. The first-order valence-corrected chi connectivity index (χ1v) is 10.0. The number of rotatable bonds is 4. The van der Waals surface area contributed by atoms with Gasteiger partial charge in [-0.15, -0.1) is 0 Å². The van der Waals surface area contributed by atoms with Gasteiger partial charge in [0.15, 0.2) is 0 Å². The fraction of sp³-hybridized carbons (Fsp3) is 0.435. The van der Waals surface area contributed by atoms with Crippen LogP contribution in [-0.4, -0.2) is 41.4 Å². The second-order valence-corrected chi connectivity index (χ2v) is 7.54. The minimum absolute atomic E-state index is 0.0701. The van der Waals surface area contributed by atoms with Crippen LogP contribution in [0.3, 0.4) is 0 Å². The third-order valence-corrected chi connectivity index (χ3v) is 5.98. The Morgan fingerprint density at radius 3 is 2.37 bits per heavy atom. The maximum absolute atomic E-state index is 12.8. The van der Waals surface area contributed by atoms with Crippen LogP contribution in [0.1, 0.15) is 49.7 Å². The number of amides is 1. The van der Waals surface area contributed by atoms with E-state index in [1.807, 2.05) is 19.1 Å². The highest BCUT2D eigenvalue weighted by molar-refractivity contribution is 5.79. The number of ether oxygens (including phenoxy) is 1. The van der Waals surface area contributed by atoms with E-state index in [9.17, 15) is 9.90 Å². The van der Waals surface area contributed by atoms with Crippen molar-refractivity contribution in [3.8, 4) is 11.1 Å². The van der Waals surface area contributed by atoms with Crippen LogP contribution in [-0.2, 0) is 4.74 Å². The summed E-state index contributed by atoms with van der Waals surface area (Å²) >= 11 is 0. The Morgan fingerprint density at radius 2 is 1.74 bits per heavy atom. The molecule has 1 N–H and O–H groups in total. The van der Waals surface area contributed by atoms with E-state index in [1.54, 1.807) is 4.90 Å². The summed E-state index contributed by atoms with van der Waals surface area (Å²) in [7, 11) is 0. The monoisotopic (exact) mass is 365 g/mol. The molecule has 1 heterocycles. The van der Waals surface area contributed by atoms with Crippen molar-refractivity contribution in [3.05, 3.63) is 59.7 Å². The Hall–Kier alpha value is -2.33. The molecule has 2 aromatic carbocycles. The van der Waals surface area contributed by atoms with Crippen molar-refractivity contribution in [2.45, 2.75) is 50.7 Å². The van der Waals surface area contributed by atoms with Crippen molar-refractivity contribution < 1.29 is 14.6 Å². The topological polar surface area (TPSA) is 49.8 Å². The first-order chi connectivity index (χ1) is 13.2. The molecule has 2 unspecified atom stereocenters. The van der Waals surface area contributed by atoms with E-state index < -0.39 is 6.10 Å². The third kappa shape index (κ3) is 3.34. The zero-order chi connectivity index (χ0) is 18.8. The van der Waals surface area contributed by atoms with Crippen LogP contribution < -0.4 is 0 Å². The average Bonchev–Trinajstić information content (AvgIpc) is 3.05. The predicted octanol–water partition coefficient (Wildman–Crippen LogP) is 4.56. The second-order valence-electron chi connectivity index (χ2n) is 7.54. The lowest BCUT2D eigenvalue weighted by Crippen LogP contribution is -2.50. The molecule has 1 saturated heterocycles. The van der Waals surface area contributed by atoms with Gasteiger partial charge >= 0.3 is 6.09 Å². The molecule has 1 aliphatic heterocycles. The summed E-state index contributed by atoms with van der Waals surface area (Å²) < 4.78 is 5.78. The lowest BCUT2D eigenvalue weighted by Gasteiger charge is -2.37. The third-order valence-electron chi connectivity index (χ3n) is 5.98. The normalized spacial score (nSPS) is 20.1. The summed E-state index contributed by atoms with van der Waals surface area (Å²) in [6, 6.07) is 16.6. The van der Waals surface area contributed by atoms with E-state index in [1.165, 1.54) is 22.3 Å². The molecule has 2 aromatic rings. The molecule has 2 atom stereocenters. The van der Waals surface area contributed by atoms with E-state index in [0.717, 1.165) is 19.3 Å². The Morgan fingerprint density at radius 1 is 1.11 bits per heavy atom. The highest BCUT2D eigenvalue weighted by Crippen LogP contribution is 2.44. The number of hydrogen-bond donors (Lipinski definition) is 1. The van der Waals surface area contributed by atoms with E-state index >= 15 is 0 Å². The molecule has 1 amide bonds. The van der Waals surface area contributed by atoms with Gasteiger partial charge in [0.25, 0.3) is 0 Å². The van der Waals surface area contributed by atoms with Gasteiger partial charge < -0.3 is 14.7 Å². The molecule has 1 fully saturated rings. The summed E-state index contributed by atoms with van der Waals surface area (Å²) in [5, 5.41) is 10.3. The van der Waals surface area contributed by atoms with Gasteiger partial charge in [-0.05, 0) is 47.9 Å². The molecule has 142 valence electrons. The number of piperidine rings is 1. The molecule has 0 radical (unpaired) electrons. The number of likely N-dealkylation sites (tertiary alicyclic amines) is 1. The van der Waals surface area contributed by atoms with E-state index in [2.05, 4.69) is 36.4 Å². The summed E-state index contributed by atoms with van der Waals surface area (Å²) in [5.74, 6) is 0.0701. The molecule has 0 bridgehead atoms. The standard InChI is InChI=1S/C23H27NO3/c1-2-22(25)21-13-7-8-14-24(21)23(26)27-15-20-18-11-5-3-9-16(18)17-10-4-6-12-19(17)20/h3-6,9-12,20-22,25H,2,7-8,13-15H2,1H3. The van der Waals surface area contributed by atoms with Gasteiger partial charge in [0.2, 0.25) is 0 Å². The van der Waals surface area contributed by atoms with E-state index in [4.69, 9.17) is 4.74 Å². The number of benzene rings is 2. The van der Waals surface area contributed by atoms with Gasteiger partial charge in [-0.1, -0.05) is 55.5 Å². The first kappa shape index (κ1) is 18.1. The molecule has 4 heteroatoms. The summed E-state index contributed by atoms with van der Waals surface area (Å²) in [5.41, 5.74) is 4.89. The Kier molecular flexibility index (Phi) is 5.17. The maximum atomic E-state index is 12.8. The van der Waals surface area contributed by atoms with Crippen molar-refractivity contribution >= 4 is 6.09 Å². The lowest BCUT2D eigenvalue weighted by atomic mass is 9.96. The highest BCUT2D eigenvalue weighted by atomic mass is 16.6. The van der Waals surface area contributed by atoms with Crippen molar-refractivity contribution in [2.24, 2.45) is 0 Å². The SMILES string of the molecule is CCC(O)C1CCCCN1C(=O)OCC1c2ccccc2-c2ccccc21. The molecule has 0 aromatic heterocycles. The molecule has 2 aliphatic rings. The molecule has 0 saturated carbocycles. The molecular formula is C23H27NO3. The number of fused-ring (bicyclic) bond motifs is 3. The number of carbonyl (C=O) groups excluding carboxylic acids is 1. The van der Waals surface area contributed by atoms with Crippen molar-refractivity contribution in [1.82, 2.24) is 4.90 Å². The van der Waals surface area contributed by atoms with Crippen LogP contribution >= 0.6 is 0 Å². The van der Waals surface area contributed by atoms with Crippen LogP contribution in [0.4, 0.5) is 4.79 Å². The molecule has 1 aliphatic carbocycles.